The molecule has 9 heteroatoms. The number of anilines is 1. The van der Waals surface area contributed by atoms with Gasteiger partial charge in [0.05, 0.1) is 16.9 Å². The van der Waals surface area contributed by atoms with E-state index in [1.54, 1.807) is 13.0 Å². The normalized spacial score (nSPS) is 16.2. The number of nitrogens with zero attached hydrogens (tertiary/aromatic N) is 1. The Balaban J connectivity index is 1.68. The molecule has 0 unspecified atom stereocenters. The Hall–Kier alpha value is -2.03. The Labute approximate surface area is 150 Å². The van der Waals surface area contributed by atoms with Crippen molar-refractivity contribution in [3.63, 3.8) is 0 Å². The predicted molar refractivity (Wildman–Crippen MR) is 93.4 cm³/mol. The van der Waals surface area contributed by atoms with Crippen LogP contribution in [0.25, 0.3) is 0 Å². The molecule has 1 aliphatic rings. The minimum Gasteiger partial charge on any atom is -0.481 e. The monoisotopic (exact) mass is 369 g/mol. The minimum absolute atomic E-state index is 0.0982. The third-order valence-corrected chi connectivity index (χ3v) is 5.18. The average Bonchev–Trinajstić information content (AvgIpc) is 2.98. The van der Waals surface area contributed by atoms with Gasteiger partial charge < -0.3 is 20.3 Å². The fourth-order valence-corrected chi connectivity index (χ4v) is 3.50. The molecule has 0 spiro atoms. The summed E-state index contributed by atoms with van der Waals surface area (Å²) in [6.45, 7) is 1.87. The smallest absolute Gasteiger partial charge is 0.311 e. The summed E-state index contributed by atoms with van der Waals surface area (Å²) >= 11 is 1.16. The van der Waals surface area contributed by atoms with E-state index < -0.39 is 11.4 Å². The number of aromatic nitrogens is 1. The maximum Gasteiger partial charge on any atom is 0.311 e. The van der Waals surface area contributed by atoms with Gasteiger partial charge in [-0.05, 0) is 19.8 Å². The highest BCUT2D eigenvalue weighted by atomic mass is 32.2. The van der Waals surface area contributed by atoms with Crippen LogP contribution >= 0.6 is 11.8 Å². The van der Waals surface area contributed by atoms with E-state index in [1.165, 1.54) is 0 Å². The fourth-order valence-electron chi connectivity index (χ4n) is 2.85. The Bertz CT molecular complexity index is 625. The number of hydrogen-bond acceptors (Lipinski definition) is 6. The number of aryl methyl sites for hydroxylation is 1. The van der Waals surface area contributed by atoms with Crippen molar-refractivity contribution in [2.75, 3.05) is 23.4 Å². The van der Waals surface area contributed by atoms with Gasteiger partial charge in [0.2, 0.25) is 11.8 Å². The number of amides is 2. The molecule has 0 bridgehead atoms. The van der Waals surface area contributed by atoms with Gasteiger partial charge in [-0.15, -0.1) is 11.8 Å². The van der Waals surface area contributed by atoms with Crippen LogP contribution in [0.15, 0.2) is 10.6 Å². The summed E-state index contributed by atoms with van der Waals surface area (Å²) < 4.78 is 4.84. The molecule has 1 aliphatic carbocycles. The first-order valence-electron chi connectivity index (χ1n) is 8.22. The summed E-state index contributed by atoms with van der Waals surface area (Å²) in [4.78, 5) is 35.2. The van der Waals surface area contributed by atoms with Gasteiger partial charge in [-0.3, -0.25) is 14.4 Å². The van der Waals surface area contributed by atoms with Crippen LogP contribution < -0.4 is 10.6 Å². The van der Waals surface area contributed by atoms with E-state index in [4.69, 9.17) is 4.52 Å². The molecule has 3 N–H and O–H groups in total. The molecule has 25 heavy (non-hydrogen) atoms. The van der Waals surface area contributed by atoms with Gasteiger partial charge in [0.25, 0.3) is 0 Å². The largest absolute Gasteiger partial charge is 0.481 e. The van der Waals surface area contributed by atoms with Crippen molar-refractivity contribution in [2.45, 2.75) is 39.0 Å². The second kappa shape index (κ2) is 8.89. The molecule has 0 aromatic carbocycles. The van der Waals surface area contributed by atoms with E-state index in [1.807, 2.05) is 0 Å². The predicted octanol–water partition coefficient (Wildman–Crippen LogP) is 1.81. The van der Waals surface area contributed by atoms with Crippen LogP contribution in [-0.2, 0) is 14.4 Å². The van der Waals surface area contributed by atoms with Crippen molar-refractivity contribution < 1.29 is 24.0 Å². The Morgan fingerprint density at radius 1 is 1.24 bits per heavy atom. The molecular weight excluding hydrogens is 346 g/mol. The zero-order chi connectivity index (χ0) is 18.3. The van der Waals surface area contributed by atoms with Crippen molar-refractivity contribution in [1.82, 2.24) is 10.5 Å². The van der Waals surface area contributed by atoms with E-state index in [0.717, 1.165) is 31.0 Å². The van der Waals surface area contributed by atoms with Gasteiger partial charge in [-0.2, -0.15) is 0 Å². The lowest BCUT2D eigenvalue weighted by atomic mass is 9.74. The first-order valence-corrected chi connectivity index (χ1v) is 9.38. The molecule has 1 heterocycles. The third-order valence-electron chi connectivity index (χ3n) is 4.25. The number of carbonyl (C=O) groups excluding carboxylic acids is 2. The summed E-state index contributed by atoms with van der Waals surface area (Å²) in [5, 5.41) is 18.4. The molecule has 0 atom stereocenters. The molecule has 1 saturated carbocycles. The molecule has 0 aliphatic heterocycles. The van der Waals surface area contributed by atoms with Crippen LogP contribution in [0.4, 0.5) is 5.82 Å². The van der Waals surface area contributed by atoms with Crippen LogP contribution in [0.3, 0.4) is 0 Å². The van der Waals surface area contributed by atoms with Crippen LogP contribution in [0.1, 0.15) is 37.9 Å². The van der Waals surface area contributed by atoms with E-state index in [2.05, 4.69) is 15.8 Å². The molecule has 2 rings (SSSR count). The number of carboxylic acid groups (broad SMARTS) is 1. The highest BCUT2D eigenvalue weighted by Gasteiger charge is 2.39. The lowest BCUT2D eigenvalue weighted by Crippen LogP contribution is -2.44. The Kier molecular flexibility index (Phi) is 6.86. The number of thioether (sulfide) groups is 1. The lowest BCUT2D eigenvalue weighted by molar-refractivity contribution is -0.151. The molecule has 1 fully saturated rings. The molecule has 0 radical (unpaired) electrons. The van der Waals surface area contributed by atoms with Crippen molar-refractivity contribution in [2.24, 2.45) is 5.41 Å². The first kappa shape index (κ1) is 19.3. The molecule has 1 aromatic rings. The molecule has 2 amide bonds. The van der Waals surface area contributed by atoms with Crippen molar-refractivity contribution in [3.05, 3.63) is 11.8 Å². The highest BCUT2D eigenvalue weighted by molar-refractivity contribution is 8.00. The van der Waals surface area contributed by atoms with E-state index in [9.17, 15) is 19.5 Å². The molecular formula is C16H23N3O5S. The SMILES string of the molecule is Cc1cc(NC(=O)CSCC(=O)NCC2(C(=O)O)CCCCC2)no1. The Morgan fingerprint density at radius 2 is 1.92 bits per heavy atom. The van der Waals surface area contributed by atoms with Crippen LogP contribution in [0, 0.1) is 12.3 Å². The first-order chi connectivity index (χ1) is 11.9. The van der Waals surface area contributed by atoms with Gasteiger partial charge >= 0.3 is 5.97 Å². The zero-order valence-corrected chi connectivity index (χ0v) is 15.0. The molecule has 138 valence electrons. The fraction of sp³-hybridized carbons (Fsp3) is 0.625. The summed E-state index contributed by atoms with van der Waals surface area (Å²) in [7, 11) is 0. The number of nitrogens with one attached hydrogen (secondary N) is 2. The zero-order valence-electron chi connectivity index (χ0n) is 14.2. The van der Waals surface area contributed by atoms with Gasteiger partial charge in [-0.25, -0.2) is 0 Å². The van der Waals surface area contributed by atoms with Crippen LogP contribution in [0.5, 0.6) is 0 Å². The van der Waals surface area contributed by atoms with Crippen LogP contribution in [0.2, 0.25) is 0 Å². The lowest BCUT2D eigenvalue weighted by Gasteiger charge is -2.33. The maximum atomic E-state index is 11.9. The number of carbonyl (C=O) groups is 3. The van der Waals surface area contributed by atoms with Gasteiger partial charge in [0.1, 0.15) is 5.76 Å². The quantitative estimate of drug-likeness (QED) is 0.639. The van der Waals surface area contributed by atoms with E-state index in [-0.39, 0.29) is 29.9 Å². The summed E-state index contributed by atoms with van der Waals surface area (Å²) in [6.07, 6.45) is 3.97. The topological polar surface area (TPSA) is 122 Å². The van der Waals surface area contributed by atoms with Crippen molar-refractivity contribution >= 4 is 35.4 Å². The summed E-state index contributed by atoms with van der Waals surface area (Å²) in [5.41, 5.74) is -0.846. The molecule has 1 aromatic heterocycles. The molecule has 0 saturated heterocycles. The van der Waals surface area contributed by atoms with Gasteiger partial charge in [0.15, 0.2) is 5.82 Å². The average molecular weight is 369 g/mol. The number of rotatable bonds is 8. The third kappa shape index (κ3) is 5.77. The maximum absolute atomic E-state index is 11.9. The van der Waals surface area contributed by atoms with Gasteiger partial charge in [0, 0.05) is 12.6 Å². The summed E-state index contributed by atoms with van der Waals surface area (Å²) in [6, 6.07) is 1.60. The van der Waals surface area contributed by atoms with Crippen molar-refractivity contribution in [3.8, 4) is 0 Å². The van der Waals surface area contributed by atoms with Gasteiger partial charge in [-0.1, -0.05) is 24.4 Å². The minimum atomic E-state index is -0.846. The number of hydrogen-bond donors (Lipinski definition) is 3. The highest BCUT2D eigenvalue weighted by Crippen LogP contribution is 2.36. The summed E-state index contributed by atoms with van der Waals surface area (Å²) in [5.74, 6) is -0.251. The van der Waals surface area contributed by atoms with Crippen LogP contribution in [-0.4, -0.2) is 46.1 Å². The standard InChI is InChI=1S/C16H23N3O5S/c1-11-7-12(19-24-11)18-14(21)9-25-8-13(20)17-10-16(15(22)23)5-3-2-4-6-16/h7H,2-6,8-10H2,1H3,(H,17,20)(H,22,23)(H,18,19,21). The second-order valence-corrected chi connectivity index (χ2v) is 7.27. The number of aliphatic carboxylic acids is 1. The number of carboxylic acids is 1. The second-order valence-electron chi connectivity index (χ2n) is 6.29. The van der Waals surface area contributed by atoms with Crippen molar-refractivity contribution in [1.29, 1.82) is 0 Å². The van der Waals surface area contributed by atoms with E-state index >= 15 is 0 Å². The molecule has 8 nitrogen and oxygen atoms in total. The van der Waals surface area contributed by atoms with E-state index in [0.29, 0.717) is 24.4 Å². The Morgan fingerprint density at radius 3 is 2.52 bits per heavy atom.